The largest absolute Gasteiger partial charge is 0.326 e. The van der Waals surface area contributed by atoms with Gasteiger partial charge in [0, 0.05) is 18.1 Å². The zero-order valence-corrected chi connectivity index (χ0v) is 11.0. The molecule has 1 fully saturated rings. The molecule has 1 aromatic rings. The number of thiophene rings is 1. The zero-order valence-electron chi connectivity index (χ0n) is 9.38. The Morgan fingerprint density at radius 2 is 2.25 bits per heavy atom. The molecule has 1 aliphatic heterocycles. The fourth-order valence-corrected chi connectivity index (χ4v) is 4.97. The molecule has 2 N–H and O–H groups in total. The van der Waals surface area contributed by atoms with Crippen LogP contribution >= 0.6 is 11.3 Å². The summed E-state index contributed by atoms with van der Waals surface area (Å²) in [5.41, 5.74) is 5.45. The fourth-order valence-electron chi connectivity index (χ4n) is 2.03. The van der Waals surface area contributed by atoms with E-state index < -0.39 is 15.6 Å². The van der Waals surface area contributed by atoms with Crippen molar-refractivity contribution in [3.05, 3.63) is 17.5 Å². The van der Waals surface area contributed by atoms with Crippen molar-refractivity contribution in [2.45, 2.75) is 36.1 Å². The summed E-state index contributed by atoms with van der Waals surface area (Å²) in [5, 5.41) is 1.77. The molecule has 0 aliphatic carbocycles. The maximum Gasteiger partial charge on any atom is 0.253 e. The zero-order chi connectivity index (χ0) is 12.0. The molecule has 1 atom stereocenters. The van der Waals surface area contributed by atoms with Crippen LogP contribution in [0.5, 0.6) is 0 Å². The van der Waals surface area contributed by atoms with E-state index in [2.05, 4.69) is 0 Å². The van der Waals surface area contributed by atoms with Crippen LogP contribution in [0.25, 0.3) is 0 Å². The first-order valence-electron chi connectivity index (χ1n) is 5.19. The van der Waals surface area contributed by atoms with Crippen molar-refractivity contribution in [2.75, 3.05) is 6.54 Å². The van der Waals surface area contributed by atoms with Crippen LogP contribution in [0.3, 0.4) is 0 Å². The second-order valence-electron chi connectivity index (χ2n) is 4.56. The smallest absolute Gasteiger partial charge is 0.253 e. The summed E-state index contributed by atoms with van der Waals surface area (Å²) in [6.45, 7) is 4.28. The lowest BCUT2D eigenvalue weighted by atomic mass is 9.98. The monoisotopic (exact) mass is 260 g/mol. The summed E-state index contributed by atoms with van der Waals surface area (Å²) in [7, 11) is -3.36. The predicted octanol–water partition coefficient (Wildman–Crippen LogP) is 1.25. The van der Waals surface area contributed by atoms with Crippen LogP contribution < -0.4 is 5.73 Å². The van der Waals surface area contributed by atoms with Gasteiger partial charge in [0.05, 0.1) is 0 Å². The Bertz CT molecular complexity index is 465. The molecule has 1 aliphatic rings. The van der Waals surface area contributed by atoms with Gasteiger partial charge in [-0.05, 0) is 31.7 Å². The van der Waals surface area contributed by atoms with E-state index in [0.29, 0.717) is 10.8 Å². The van der Waals surface area contributed by atoms with Crippen molar-refractivity contribution < 1.29 is 8.42 Å². The normalized spacial score (nSPS) is 26.1. The van der Waals surface area contributed by atoms with Crippen molar-refractivity contribution in [1.82, 2.24) is 4.31 Å². The number of hydrogen-bond acceptors (Lipinski definition) is 4. The van der Waals surface area contributed by atoms with E-state index in [-0.39, 0.29) is 6.04 Å². The molecule has 90 valence electrons. The lowest BCUT2D eigenvalue weighted by Crippen LogP contribution is -2.50. The highest BCUT2D eigenvalue weighted by molar-refractivity contribution is 7.91. The second-order valence-corrected chi connectivity index (χ2v) is 7.59. The standard InChI is InChI=1S/C10H16N2O2S2/c1-10(2)8(11)5-6-12(10)16(13,14)9-4-3-7-15-9/h3-4,7-8H,5-6,11H2,1-2H3. The predicted molar refractivity (Wildman–Crippen MR) is 64.9 cm³/mol. The molecule has 0 saturated carbocycles. The molecule has 0 amide bonds. The molecule has 2 heterocycles. The van der Waals surface area contributed by atoms with E-state index in [0.717, 1.165) is 6.42 Å². The minimum absolute atomic E-state index is 0.0952. The first-order chi connectivity index (χ1) is 7.37. The Morgan fingerprint density at radius 3 is 2.69 bits per heavy atom. The lowest BCUT2D eigenvalue weighted by molar-refractivity contribution is 0.270. The number of nitrogens with zero attached hydrogens (tertiary/aromatic N) is 1. The average Bonchev–Trinajstić information content (AvgIpc) is 2.76. The number of sulfonamides is 1. The van der Waals surface area contributed by atoms with Crippen molar-refractivity contribution >= 4 is 21.4 Å². The first kappa shape index (κ1) is 12.0. The molecule has 6 heteroatoms. The van der Waals surface area contributed by atoms with Gasteiger partial charge in [-0.15, -0.1) is 11.3 Å². The van der Waals surface area contributed by atoms with Gasteiger partial charge < -0.3 is 5.73 Å². The van der Waals surface area contributed by atoms with E-state index >= 15 is 0 Å². The van der Waals surface area contributed by atoms with Gasteiger partial charge in [0.1, 0.15) is 4.21 Å². The molecule has 0 radical (unpaired) electrons. The summed E-state index contributed by atoms with van der Waals surface area (Å²) < 4.78 is 26.6. The van der Waals surface area contributed by atoms with Crippen LogP contribution in [0.2, 0.25) is 0 Å². The molecule has 4 nitrogen and oxygen atoms in total. The minimum Gasteiger partial charge on any atom is -0.326 e. The highest BCUT2D eigenvalue weighted by Crippen LogP contribution is 2.34. The number of nitrogens with two attached hydrogens (primary N) is 1. The van der Waals surface area contributed by atoms with Gasteiger partial charge in [0.15, 0.2) is 0 Å². The molecular formula is C10H16N2O2S2. The topological polar surface area (TPSA) is 63.4 Å². The summed E-state index contributed by atoms with van der Waals surface area (Å²) in [6.07, 6.45) is 0.720. The van der Waals surface area contributed by atoms with E-state index in [9.17, 15) is 8.42 Å². The van der Waals surface area contributed by atoms with Crippen LogP contribution in [0.1, 0.15) is 20.3 Å². The maximum atomic E-state index is 12.3. The molecule has 1 unspecified atom stereocenters. The molecule has 1 aromatic heterocycles. The second kappa shape index (κ2) is 3.80. The van der Waals surface area contributed by atoms with Gasteiger partial charge in [0.25, 0.3) is 10.0 Å². The summed E-state index contributed by atoms with van der Waals surface area (Å²) in [4.78, 5) is 0. The van der Waals surface area contributed by atoms with Gasteiger partial charge in [0.2, 0.25) is 0 Å². The molecule has 16 heavy (non-hydrogen) atoms. The van der Waals surface area contributed by atoms with Crippen molar-refractivity contribution in [1.29, 1.82) is 0 Å². The van der Waals surface area contributed by atoms with Crippen molar-refractivity contribution in [2.24, 2.45) is 5.73 Å². The van der Waals surface area contributed by atoms with Crippen LogP contribution in [0, 0.1) is 0 Å². The lowest BCUT2D eigenvalue weighted by Gasteiger charge is -2.32. The van der Waals surface area contributed by atoms with Gasteiger partial charge in [-0.2, -0.15) is 4.31 Å². The summed E-state index contributed by atoms with van der Waals surface area (Å²) >= 11 is 1.25. The van der Waals surface area contributed by atoms with Crippen LogP contribution in [0.15, 0.2) is 21.7 Å². The first-order valence-corrected chi connectivity index (χ1v) is 7.51. The average molecular weight is 260 g/mol. The Hall–Kier alpha value is -0.430. The third kappa shape index (κ3) is 1.69. The highest BCUT2D eigenvalue weighted by atomic mass is 32.2. The summed E-state index contributed by atoms with van der Waals surface area (Å²) in [5.74, 6) is 0. The van der Waals surface area contributed by atoms with E-state index in [1.807, 2.05) is 13.8 Å². The van der Waals surface area contributed by atoms with E-state index in [1.165, 1.54) is 15.6 Å². The van der Waals surface area contributed by atoms with E-state index in [4.69, 9.17) is 5.73 Å². The molecular weight excluding hydrogens is 244 g/mol. The molecule has 0 bridgehead atoms. The molecule has 0 aromatic carbocycles. The quantitative estimate of drug-likeness (QED) is 0.870. The van der Waals surface area contributed by atoms with Crippen LogP contribution in [-0.4, -0.2) is 30.8 Å². The number of rotatable bonds is 2. The van der Waals surface area contributed by atoms with Crippen molar-refractivity contribution in [3.8, 4) is 0 Å². The minimum atomic E-state index is -3.36. The molecule has 1 saturated heterocycles. The number of hydrogen-bond donors (Lipinski definition) is 1. The fraction of sp³-hybridized carbons (Fsp3) is 0.600. The highest BCUT2D eigenvalue weighted by Gasteiger charge is 2.46. The van der Waals surface area contributed by atoms with Crippen LogP contribution in [0.4, 0.5) is 0 Å². The maximum absolute atomic E-state index is 12.3. The Labute approximate surface area is 100 Å². The van der Waals surface area contributed by atoms with Gasteiger partial charge in [-0.25, -0.2) is 8.42 Å². The summed E-state index contributed by atoms with van der Waals surface area (Å²) in [6, 6.07) is 3.29. The molecule has 0 spiro atoms. The van der Waals surface area contributed by atoms with Crippen molar-refractivity contribution in [3.63, 3.8) is 0 Å². The Kier molecular flexibility index (Phi) is 2.86. The van der Waals surface area contributed by atoms with E-state index in [1.54, 1.807) is 17.5 Å². The SMILES string of the molecule is CC1(C)C(N)CCN1S(=O)(=O)c1cccs1. The van der Waals surface area contributed by atoms with Gasteiger partial charge in [-0.1, -0.05) is 6.07 Å². The van der Waals surface area contributed by atoms with Gasteiger partial charge >= 0.3 is 0 Å². The molecule has 2 rings (SSSR count). The van der Waals surface area contributed by atoms with Gasteiger partial charge in [-0.3, -0.25) is 0 Å². The third-order valence-corrected chi connectivity index (χ3v) is 6.69. The third-order valence-electron chi connectivity index (χ3n) is 3.23. The Balaban J connectivity index is 2.40. The van der Waals surface area contributed by atoms with Crippen LogP contribution in [-0.2, 0) is 10.0 Å². The Morgan fingerprint density at radius 1 is 1.56 bits per heavy atom.